The van der Waals surface area contributed by atoms with Crippen LogP contribution in [0.3, 0.4) is 0 Å². The van der Waals surface area contributed by atoms with Crippen LogP contribution in [0, 0.1) is 0 Å². The van der Waals surface area contributed by atoms with E-state index < -0.39 is 16.4 Å². The highest BCUT2D eigenvalue weighted by atomic mass is 32.2. The number of aromatic nitrogens is 2. The fourth-order valence-electron chi connectivity index (χ4n) is 2.14. The highest BCUT2D eigenvalue weighted by molar-refractivity contribution is 7.85. The lowest BCUT2D eigenvalue weighted by atomic mass is 10.1. The van der Waals surface area contributed by atoms with Crippen LogP contribution in [0.4, 0.5) is 4.79 Å². The summed E-state index contributed by atoms with van der Waals surface area (Å²) in [5.41, 5.74) is -0.522. The lowest BCUT2D eigenvalue weighted by Gasteiger charge is -2.33. The Labute approximate surface area is 127 Å². The number of rotatable bonds is 2. The minimum Gasteiger partial charge on any atom is -0.444 e. The van der Waals surface area contributed by atoms with Crippen molar-refractivity contribution in [3.05, 3.63) is 18.5 Å². The van der Waals surface area contributed by atoms with E-state index in [0.29, 0.717) is 18.2 Å². The van der Waals surface area contributed by atoms with Gasteiger partial charge in [-0.2, -0.15) is 0 Å². The van der Waals surface area contributed by atoms with Crippen molar-refractivity contribution in [1.29, 1.82) is 0 Å². The molecule has 2 rings (SSSR count). The molecule has 0 bridgehead atoms. The summed E-state index contributed by atoms with van der Waals surface area (Å²) < 4.78 is 17.8. The van der Waals surface area contributed by atoms with Gasteiger partial charge in [0, 0.05) is 25.5 Å². The maximum atomic E-state index is 12.5. The van der Waals surface area contributed by atoms with E-state index in [0.717, 1.165) is 12.8 Å². The van der Waals surface area contributed by atoms with E-state index in [4.69, 9.17) is 4.74 Å². The van der Waals surface area contributed by atoms with Crippen LogP contribution in [0.15, 0.2) is 23.6 Å². The number of ether oxygens (including phenoxy) is 1. The Balaban J connectivity index is 2.01. The van der Waals surface area contributed by atoms with Crippen molar-refractivity contribution in [2.75, 3.05) is 13.1 Å². The maximum Gasteiger partial charge on any atom is 0.410 e. The zero-order valence-electron chi connectivity index (χ0n) is 12.6. The second-order valence-corrected chi connectivity index (χ2v) is 7.65. The monoisotopic (exact) mass is 311 g/mol. The van der Waals surface area contributed by atoms with E-state index in [-0.39, 0.29) is 11.3 Å². The van der Waals surface area contributed by atoms with Crippen molar-refractivity contribution < 1.29 is 13.7 Å². The molecule has 0 spiro atoms. The van der Waals surface area contributed by atoms with Crippen LogP contribution in [0.1, 0.15) is 33.6 Å². The molecule has 1 saturated heterocycles. The third-order valence-corrected chi connectivity index (χ3v) is 4.62. The minimum atomic E-state index is -1.30. The Morgan fingerprint density at radius 3 is 2.67 bits per heavy atom. The Kier molecular flexibility index (Phi) is 4.92. The summed E-state index contributed by atoms with van der Waals surface area (Å²) >= 11 is 0. The molecule has 1 aliphatic rings. The molecule has 2 heterocycles. The molecular formula is C14H21N3O3S. The molecule has 0 radical (unpaired) electrons. The number of carbonyl (C=O) groups excluding carboxylic acids is 1. The van der Waals surface area contributed by atoms with Gasteiger partial charge < -0.3 is 9.64 Å². The first kappa shape index (κ1) is 15.9. The average Bonchev–Trinajstić information content (AvgIpc) is 2.46. The van der Waals surface area contributed by atoms with Gasteiger partial charge in [0.15, 0.2) is 0 Å². The molecule has 1 aliphatic heterocycles. The second-order valence-electron chi connectivity index (χ2n) is 6.02. The van der Waals surface area contributed by atoms with Crippen molar-refractivity contribution in [1.82, 2.24) is 14.9 Å². The molecule has 1 aromatic rings. The number of hydrogen-bond donors (Lipinski definition) is 0. The van der Waals surface area contributed by atoms with Crippen LogP contribution in [-0.4, -0.2) is 49.1 Å². The third kappa shape index (κ3) is 4.49. The van der Waals surface area contributed by atoms with Crippen LogP contribution < -0.4 is 0 Å². The normalized spacial score (nSPS) is 20.9. The van der Waals surface area contributed by atoms with Crippen molar-refractivity contribution in [3.8, 4) is 0 Å². The number of carbonyl (C=O) groups is 1. The fourth-order valence-corrected chi connectivity index (χ4v) is 3.47. The highest BCUT2D eigenvalue weighted by Gasteiger charge is 2.31. The van der Waals surface area contributed by atoms with Crippen molar-refractivity contribution in [3.63, 3.8) is 0 Å². The minimum absolute atomic E-state index is 0.145. The molecular weight excluding hydrogens is 290 g/mol. The average molecular weight is 311 g/mol. The van der Waals surface area contributed by atoms with Crippen LogP contribution in [0.5, 0.6) is 0 Å². The lowest BCUT2D eigenvalue weighted by molar-refractivity contribution is 0.0219. The van der Waals surface area contributed by atoms with Gasteiger partial charge in [-0.1, -0.05) is 0 Å². The Morgan fingerprint density at radius 2 is 2.05 bits per heavy atom. The van der Waals surface area contributed by atoms with Gasteiger partial charge in [0.25, 0.3) is 0 Å². The Hall–Kier alpha value is -1.50. The molecule has 0 aromatic carbocycles. The number of hydrogen-bond acceptors (Lipinski definition) is 5. The predicted octanol–water partition coefficient (Wildman–Crippen LogP) is 1.98. The summed E-state index contributed by atoms with van der Waals surface area (Å²) in [6, 6.07) is 1.69. The molecule has 0 aliphatic carbocycles. The van der Waals surface area contributed by atoms with Gasteiger partial charge in [0.2, 0.25) is 5.16 Å². The summed E-state index contributed by atoms with van der Waals surface area (Å²) in [6.07, 6.45) is 4.41. The first-order chi connectivity index (χ1) is 9.87. The second kappa shape index (κ2) is 6.51. The van der Waals surface area contributed by atoms with Crippen molar-refractivity contribution in [2.45, 2.75) is 49.6 Å². The number of amides is 1. The van der Waals surface area contributed by atoms with Crippen molar-refractivity contribution >= 4 is 16.9 Å². The lowest BCUT2D eigenvalue weighted by Crippen LogP contribution is -2.46. The van der Waals surface area contributed by atoms with Gasteiger partial charge in [-0.05, 0) is 39.7 Å². The van der Waals surface area contributed by atoms with Crippen LogP contribution in [0.25, 0.3) is 0 Å². The van der Waals surface area contributed by atoms with Gasteiger partial charge >= 0.3 is 6.09 Å². The molecule has 1 amide bonds. The zero-order chi connectivity index (χ0) is 15.5. The summed E-state index contributed by atoms with van der Waals surface area (Å²) in [5.74, 6) is 0. The SMILES string of the molecule is CC(C)(C)OC(=O)N1CCC[C@H]([S@@](=O)c2ncccn2)C1. The maximum absolute atomic E-state index is 12.5. The van der Waals surface area contributed by atoms with Crippen LogP contribution in [-0.2, 0) is 15.5 Å². The van der Waals surface area contributed by atoms with E-state index in [1.165, 1.54) is 0 Å². The highest BCUT2D eigenvalue weighted by Crippen LogP contribution is 2.20. The van der Waals surface area contributed by atoms with E-state index in [1.54, 1.807) is 23.4 Å². The first-order valence-electron chi connectivity index (χ1n) is 7.02. The van der Waals surface area contributed by atoms with Gasteiger partial charge in [-0.3, -0.25) is 4.21 Å². The molecule has 0 N–H and O–H groups in total. The van der Waals surface area contributed by atoms with Crippen LogP contribution >= 0.6 is 0 Å². The summed E-state index contributed by atoms with van der Waals surface area (Å²) in [4.78, 5) is 21.8. The molecule has 0 saturated carbocycles. The molecule has 116 valence electrons. The molecule has 2 atom stereocenters. The Morgan fingerprint density at radius 1 is 1.38 bits per heavy atom. The fraction of sp³-hybridized carbons (Fsp3) is 0.643. The quantitative estimate of drug-likeness (QED) is 0.781. The molecule has 1 aromatic heterocycles. The van der Waals surface area contributed by atoms with Gasteiger partial charge in [-0.25, -0.2) is 14.8 Å². The molecule has 21 heavy (non-hydrogen) atoms. The molecule has 6 nitrogen and oxygen atoms in total. The van der Waals surface area contributed by atoms with Gasteiger partial charge in [-0.15, -0.1) is 0 Å². The largest absolute Gasteiger partial charge is 0.444 e. The molecule has 7 heteroatoms. The van der Waals surface area contributed by atoms with E-state index >= 15 is 0 Å². The smallest absolute Gasteiger partial charge is 0.410 e. The van der Waals surface area contributed by atoms with Gasteiger partial charge in [0.1, 0.15) is 5.60 Å². The third-order valence-electron chi connectivity index (χ3n) is 3.05. The van der Waals surface area contributed by atoms with E-state index in [2.05, 4.69) is 9.97 Å². The number of piperidine rings is 1. The number of likely N-dealkylation sites (tertiary alicyclic amines) is 1. The number of nitrogens with zero attached hydrogens (tertiary/aromatic N) is 3. The summed E-state index contributed by atoms with van der Waals surface area (Å²) in [7, 11) is -1.30. The molecule has 0 unspecified atom stereocenters. The van der Waals surface area contributed by atoms with E-state index in [1.807, 2.05) is 20.8 Å². The van der Waals surface area contributed by atoms with Gasteiger partial charge in [0.05, 0.1) is 16.0 Å². The summed E-state index contributed by atoms with van der Waals surface area (Å²) in [5, 5.41) is 0.183. The van der Waals surface area contributed by atoms with E-state index in [9.17, 15) is 9.00 Å². The molecule has 1 fully saturated rings. The summed E-state index contributed by atoms with van der Waals surface area (Å²) in [6.45, 7) is 6.56. The predicted molar refractivity (Wildman–Crippen MR) is 79.3 cm³/mol. The van der Waals surface area contributed by atoms with Crippen LogP contribution in [0.2, 0.25) is 0 Å². The zero-order valence-corrected chi connectivity index (χ0v) is 13.4. The standard InChI is InChI=1S/C14H21N3O3S/c1-14(2,3)20-13(18)17-9-4-6-11(10-17)21(19)12-15-7-5-8-16-12/h5,7-8,11H,4,6,9-10H2,1-3H3/t11-,21+/m0/s1. The Bertz CT molecular complexity index is 516. The first-order valence-corrected chi connectivity index (χ1v) is 8.23. The van der Waals surface area contributed by atoms with Crippen molar-refractivity contribution in [2.24, 2.45) is 0 Å². The topological polar surface area (TPSA) is 72.4 Å².